The number of aromatic amines is 1. The molecule has 0 saturated heterocycles. The molecule has 3 heterocycles. The van der Waals surface area contributed by atoms with Gasteiger partial charge in [-0.15, -0.1) is 0 Å². The lowest BCUT2D eigenvalue weighted by Gasteiger charge is -2.29. The second-order valence-electron chi connectivity index (χ2n) is 7.65. The molecular formula is C21H20N4O3. The van der Waals surface area contributed by atoms with Crippen molar-refractivity contribution in [1.29, 1.82) is 0 Å². The Morgan fingerprint density at radius 2 is 2.04 bits per heavy atom. The van der Waals surface area contributed by atoms with Gasteiger partial charge in [-0.3, -0.25) is 19.1 Å². The van der Waals surface area contributed by atoms with Crippen LogP contribution in [0.2, 0.25) is 0 Å². The summed E-state index contributed by atoms with van der Waals surface area (Å²) in [5.41, 5.74) is 3.01. The van der Waals surface area contributed by atoms with Gasteiger partial charge in [-0.05, 0) is 50.3 Å². The summed E-state index contributed by atoms with van der Waals surface area (Å²) in [6.07, 6.45) is 5.11. The normalized spacial score (nSPS) is 16.2. The molecule has 1 aromatic carbocycles. The van der Waals surface area contributed by atoms with Crippen molar-refractivity contribution in [1.82, 2.24) is 14.5 Å². The van der Waals surface area contributed by atoms with Crippen molar-refractivity contribution in [3.05, 3.63) is 68.0 Å². The van der Waals surface area contributed by atoms with Crippen molar-refractivity contribution < 1.29 is 4.79 Å². The lowest BCUT2D eigenvalue weighted by atomic mass is 9.99. The lowest BCUT2D eigenvalue weighted by Crippen LogP contribution is -2.36. The summed E-state index contributed by atoms with van der Waals surface area (Å²) < 4.78 is 1.53. The Hall–Kier alpha value is -3.22. The fourth-order valence-electron chi connectivity index (χ4n) is 4.02. The Labute approximate surface area is 160 Å². The van der Waals surface area contributed by atoms with E-state index in [-0.39, 0.29) is 17.3 Å². The highest BCUT2D eigenvalue weighted by molar-refractivity contribution is 6.07. The number of benzene rings is 1. The molecule has 1 aliphatic heterocycles. The second-order valence-corrected chi connectivity index (χ2v) is 7.65. The van der Waals surface area contributed by atoms with Crippen molar-refractivity contribution >= 4 is 22.6 Å². The van der Waals surface area contributed by atoms with Gasteiger partial charge in [-0.2, -0.15) is 0 Å². The Kier molecular flexibility index (Phi) is 3.72. The SMILES string of the molecule is Cc1ccc2c(c1)CCCN2C(=O)c1cnc2c(c1)c(=O)[nH]c(=O)n2C1CC1. The predicted molar refractivity (Wildman–Crippen MR) is 106 cm³/mol. The maximum Gasteiger partial charge on any atom is 0.330 e. The molecule has 1 N–H and O–H groups in total. The van der Waals surface area contributed by atoms with Gasteiger partial charge >= 0.3 is 5.69 Å². The van der Waals surface area contributed by atoms with Gasteiger partial charge in [0.25, 0.3) is 11.5 Å². The Morgan fingerprint density at radius 1 is 1.21 bits per heavy atom. The Bertz CT molecular complexity index is 1240. The molecule has 7 heteroatoms. The van der Waals surface area contributed by atoms with E-state index in [4.69, 9.17) is 0 Å². The van der Waals surface area contributed by atoms with Crippen LogP contribution in [0.1, 0.15) is 46.8 Å². The third kappa shape index (κ3) is 2.66. The zero-order valence-electron chi connectivity index (χ0n) is 15.6. The summed E-state index contributed by atoms with van der Waals surface area (Å²) in [5.74, 6) is -0.178. The predicted octanol–water partition coefficient (Wildman–Crippen LogP) is 2.32. The Morgan fingerprint density at radius 3 is 2.82 bits per heavy atom. The van der Waals surface area contributed by atoms with Gasteiger partial charge in [-0.1, -0.05) is 17.7 Å². The maximum absolute atomic E-state index is 13.2. The van der Waals surface area contributed by atoms with E-state index in [9.17, 15) is 14.4 Å². The molecule has 3 aromatic rings. The number of carbonyl (C=O) groups excluding carboxylic acids is 1. The minimum absolute atomic E-state index is 0.0816. The molecule has 2 aliphatic rings. The molecule has 0 atom stereocenters. The fraction of sp³-hybridized carbons (Fsp3) is 0.333. The number of rotatable bonds is 2. The molecule has 0 bridgehead atoms. The van der Waals surface area contributed by atoms with E-state index in [0.717, 1.165) is 36.9 Å². The monoisotopic (exact) mass is 376 g/mol. The molecule has 142 valence electrons. The van der Waals surface area contributed by atoms with E-state index >= 15 is 0 Å². The summed E-state index contributed by atoms with van der Waals surface area (Å²) in [7, 11) is 0. The van der Waals surface area contributed by atoms with Gasteiger partial charge in [-0.25, -0.2) is 9.78 Å². The molecule has 7 nitrogen and oxygen atoms in total. The van der Waals surface area contributed by atoms with Crippen LogP contribution >= 0.6 is 0 Å². The van der Waals surface area contributed by atoms with Crippen LogP contribution in [0.25, 0.3) is 11.0 Å². The number of carbonyl (C=O) groups is 1. The van der Waals surface area contributed by atoms with Gasteiger partial charge in [0.15, 0.2) is 0 Å². The van der Waals surface area contributed by atoms with Crippen LogP contribution in [0.15, 0.2) is 40.1 Å². The lowest BCUT2D eigenvalue weighted by molar-refractivity contribution is 0.0985. The average molecular weight is 376 g/mol. The molecule has 2 aromatic heterocycles. The summed E-state index contributed by atoms with van der Waals surface area (Å²) in [6.45, 7) is 2.67. The summed E-state index contributed by atoms with van der Waals surface area (Å²) in [5, 5.41) is 0.276. The highest BCUT2D eigenvalue weighted by Crippen LogP contribution is 2.35. The number of nitrogens with one attached hydrogen (secondary N) is 1. The third-order valence-electron chi connectivity index (χ3n) is 5.54. The van der Waals surface area contributed by atoms with Crippen LogP contribution in [0.5, 0.6) is 0 Å². The van der Waals surface area contributed by atoms with Crippen molar-refractivity contribution in [3.8, 4) is 0 Å². The highest BCUT2D eigenvalue weighted by atomic mass is 16.2. The Balaban J connectivity index is 1.60. The number of H-pyrrole nitrogens is 1. The molecular weight excluding hydrogens is 356 g/mol. The number of nitrogens with zero attached hydrogens (tertiary/aromatic N) is 3. The van der Waals surface area contributed by atoms with Gasteiger partial charge < -0.3 is 4.90 Å². The third-order valence-corrected chi connectivity index (χ3v) is 5.54. The van der Waals surface area contributed by atoms with Gasteiger partial charge in [0.05, 0.1) is 10.9 Å². The topological polar surface area (TPSA) is 88.1 Å². The summed E-state index contributed by atoms with van der Waals surface area (Å²) in [6, 6.07) is 7.74. The van der Waals surface area contributed by atoms with Gasteiger partial charge in [0, 0.05) is 24.5 Å². The first-order valence-corrected chi connectivity index (χ1v) is 9.59. The largest absolute Gasteiger partial charge is 0.330 e. The number of anilines is 1. The number of aromatic nitrogens is 3. The minimum atomic E-state index is -0.506. The quantitative estimate of drug-likeness (QED) is 0.743. The molecule has 1 amide bonds. The van der Waals surface area contributed by atoms with E-state index in [1.807, 2.05) is 19.1 Å². The number of aryl methyl sites for hydroxylation is 2. The van der Waals surface area contributed by atoms with Crippen LogP contribution in [0, 0.1) is 6.92 Å². The van der Waals surface area contributed by atoms with Crippen LogP contribution in [-0.4, -0.2) is 27.0 Å². The van der Waals surface area contributed by atoms with E-state index in [1.165, 1.54) is 16.3 Å². The number of amides is 1. The number of hydrogen-bond donors (Lipinski definition) is 1. The van der Waals surface area contributed by atoms with Crippen LogP contribution in [-0.2, 0) is 6.42 Å². The first kappa shape index (κ1) is 16.9. The minimum Gasteiger partial charge on any atom is -0.308 e. The smallest absolute Gasteiger partial charge is 0.308 e. The van der Waals surface area contributed by atoms with Crippen molar-refractivity contribution in [2.45, 2.75) is 38.6 Å². The fourth-order valence-corrected chi connectivity index (χ4v) is 4.02. The first-order chi connectivity index (χ1) is 13.5. The van der Waals surface area contributed by atoms with E-state index in [2.05, 4.69) is 16.0 Å². The molecule has 1 aliphatic carbocycles. The number of hydrogen-bond acceptors (Lipinski definition) is 4. The molecule has 0 spiro atoms. The van der Waals surface area contributed by atoms with Gasteiger partial charge in [0.1, 0.15) is 5.65 Å². The summed E-state index contributed by atoms with van der Waals surface area (Å²) >= 11 is 0. The van der Waals surface area contributed by atoms with Crippen LogP contribution < -0.4 is 16.1 Å². The zero-order valence-corrected chi connectivity index (χ0v) is 15.6. The maximum atomic E-state index is 13.2. The first-order valence-electron chi connectivity index (χ1n) is 9.59. The highest BCUT2D eigenvalue weighted by Gasteiger charge is 2.29. The molecule has 28 heavy (non-hydrogen) atoms. The van der Waals surface area contributed by atoms with Gasteiger partial charge in [0.2, 0.25) is 0 Å². The average Bonchev–Trinajstić information content (AvgIpc) is 3.51. The van der Waals surface area contributed by atoms with E-state index in [1.54, 1.807) is 11.0 Å². The summed E-state index contributed by atoms with van der Waals surface area (Å²) in [4.78, 5) is 46.2. The molecule has 1 fully saturated rings. The second kappa shape index (κ2) is 6.15. The number of pyridine rings is 1. The molecule has 1 saturated carbocycles. The molecule has 0 unspecified atom stereocenters. The molecule has 5 rings (SSSR count). The standard InChI is InChI=1S/C21H20N4O3/c1-12-4-7-17-13(9-12)3-2-8-24(17)20(27)14-10-16-18(22-11-14)25(15-5-6-15)21(28)23-19(16)26/h4,7,9-11,15H,2-3,5-6,8H2,1H3,(H,23,26,28). The van der Waals surface area contributed by atoms with Crippen molar-refractivity contribution in [2.75, 3.05) is 11.4 Å². The number of fused-ring (bicyclic) bond motifs is 2. The molecule has 0 radical (unpaired) electrons. The van der Waals surface area contributed by atoms with E-state index < -0.39 is 11.2 Å². The van der Waals surface area contributed by atoms with Crippen molar-refractivity contribution in [2.24, 2.45) is 0 Å². The zero-order chi connectivity index (χ0) is 19.4. The van der Waals surface area contributed by atoms with E-state index in [0.29, 0.717) is 17.8 Å². The van der Waals surface area contributed by atoms with Crippen molar-refractivity contribution in [3.63, 3.8) is 0 Å². The van der Waals surface area contributed by atoms with Crippen LogP contribution in [0.3, 0.4) is 0 Å². The van der Waals surface area contributed by atoms with Crippen LogP contribution in [0.4, 0.5) is 5.69 Å².